The number of ether oxygens (including phenoxy) is 2. The molecule has 1 N–H and O–H groups in total. The summed E-state index contributed by atoms with van der Waals surface area (Å²) in [5.41, 5.74) is 0. The smallest absolute Gasteiger partial charge is 0.302 e. The second-order valence-electron chi connectivity index (χ2n) is 4.39. The van der Waals surface area contributed by atoms with Crippen molar-refractivity contribution in [2.24, 2.45) is 0 Å². The summed E-state index contributed by atoms with van der Waals surface area (Å²) in [6.07, 6.45) is -0.853. The highest BCUT2D eigenvalue weighted by Gasteiger charge is 2.22. The maximum atomic E-state index is 11.9. The van der Waals surface area contributed by atoms with Gasteiger partial charge in [0, 0.05) is 13.0 Å². The Kier molecular flexibility index (Phi) is 5.85. The molecule has 19 heavy (non-hydrogen) atoms. The first-order valence-corrected chi connectivity index (χ1v) is 6.14. The van der Waals surface area contributed by atoms with Crippen LogP contribution in [0, 0.1) is 0 Å². The van der Waals surface area contributed by atoms with Crippen molar-refractivity contribution in [1.82, 2.24) is 5.32 Å². The molecular weight excluding hydrogens is 246 g/mol. The SMILES string of the molecule is CC(=O)OCC(Oc1ccccc1)C(=O)NC(C)C. The molecule has 0 aliphatic rings. The van der Waals surface area contributed by atoms with Crippen LogP contribution in [0.2, 0.25) is 0 Å². The van der Waals surface area contributed by atoms with E-state index in [0.717, 1.165) is 0 Å². The Morgan fingerprint density at radius 3 is 2.37 bits per heavy atom. The van der Waals surface area contributed by atoms with Crippen molar-refractivity contribution in [2.45, 2.75) is 32.9 Å². The molecule has 1 rings (SSSR count). The Morgan fingerprint density at radius 2 is 1.84 bits per heavy atom. The van der Waals surface area contributed by atoms with Gasteiger partial charge in [0.1, 0.15) is 12.4 Å². The monoisotopic (exact) mass is 265 g/mol. The number of rotatable bonds is 6. The highest BCUT2D eigenvalue weighted by atomic mass is 16.6. The van der Waals surface area contributed by atoms with Gasteiger partial charge in [0.2, 0.25) is 6.10 Å². The Bertz CT molecular complexity index is 417. The second-order valence-corrected chi connectivity index (χ2v) is 4.39. The minimum absolute atomic E-state index is 0.00768. The predicted octanol–water partition coefficient (Wildman–Crippen LogP) is 1.52. The first-order chi connectivity index (χ1) is 8.99. The number of para-hydroxylation sites is 1. The van der Waals surface area contributed by atoms with E-state index in [4.69, 9.17) is 9.47 Å². The molecule has 0 radical (unpaired) electrons. The second kappa shape index (κ2) is 7.41. The summed E-state index contributed by atoms with van der Waals surface area (Å²) >= 11 is 0. The molecule has 0 saturated carbocycles. The van der Waals surface area contributed by atoms with E-state index in [-0.39, 0.29) is 18.6 Å². The number of amides is 1. The van der Waals surface area contributed by atoms with Gasteiger partial charge < -0.3 is 14.8 Å². The van der Waals surface area contributed by atoms with Crippen molar-refractivity contribution in [1.29, 1.82) is 0 Å². The summed E-state index contributed by atoms with van der Waals surface area (Å²) in [4.78, 5) is 22.8. The molecule has 0 heterocycles. The van der Waals surface area contributed by atoms with Gasteiger partial charge in [-0.05, 0) is 26.0 Å². The van der Waals surface area contributed by atoms with Crippen molar-refractivity contribution in [3.8, 4) is 5.75 Å². The van der Waals surface area contributed by atoms with Gasteiger partial charge in [-0.15, -0.1) is 0 Å². The maximum absolute atomic E-state index is 11.9. The molecule has 1 amide bonds. The molecule has 0 bridgehead atoms. The number of benzene rings is 1. The zero-order chi connectivity index (χ0) is 14.3. The molecule has 0 spiro atoms. The minimum atomic E-state index is -0.853. The Balaban J connectivity index is 2.68. The van der Waals surface area contributed by atoms with E-state index in [2.05, 4.69) is 5.32 Å². The van der Waals surface area contributed by atoms with Gasteiger partial charge in [0.05, 0.1) is 0 Å². The normalized spacial score (nSPS) is 11.8. The van der Waals surface area contributed by atoms with E-state index in [9.17, 15) is 9.59 Å². The summed E-state index contributed by atoms with van der Waals surface area (Å²) < 4.78 is 10.4. The third-order valence-electron chi connectivity index (χ3n) is 2.18. The first-order valence-electron chi connectivity index (χ1n) is 6.14. The van der Waals surface area contributed by atoms with Crippen LogP contribution in [0.3, 0.4) is 0 Å². The van der Waals surface area contributed by atoms with Crippen LogP contribution in [0.5, 0.6) is 5.75 Å². The molecule has 0 fully saturated rings. The molecule has 0 aliphatic heterocycles. The molecule has 104 valence electrons. The van der Waals surface area contributed by atoms with Gasteiger partial charge in [0.25, 0.3) is 5.91 Å². The van der Waals surface area contributed by atoms with Gasteiger partial charge in [-0.3, -0.25) is 9.59 Å². The van der Waals surface area contributed by atoms with Gasteiger partial charge in [-0.1, -0.05) is 18.2 Å². The number of hydrogen-bond acceptors (Lipinski definition) is 4. The number of carbonyl (C=O) groups excluding carboxylic acids is 2. The lowest BCUT2D eigenvalue weighted by molar-refractivity contribution is -0.146. The Hall–Kier alpha value is -2.04. The summed E-state index contributed by atoms with van der Waals surface area (Å²) in [7, 11) is 0. The first kappa shape index (κ1) is 15.0. The minimum Gasteiger partial charge on any atom is -0.477 e. The fourth-order valence-corrected chi connectivity index (χ4v) is 1.40. The molecule has 1 unspecified atom stereocenters. The van der Waals surface area contributed by atoms with Gasteiger partial charge in [0.15, 0.2) is 0 Å². The van der Waals surface area contributed by atoms with Crippen molar-refractivity contribution in [2.75, 3.05) is 6.61 Å². The summed E-state index contributed by atoms with van der Waals surface area (Å²) in [6, 6.07) is 8.93. The van der Waals surface area contributed by atoms with E-state index in [1.165, 1.54) is 6.92 Å². The number of nitrogens with one attached hydrogen (secondary N) is 1. The average molecular weight is 265 g/mol. The summed E-state index contributed by atoms with van der Waals surface area (Å²) in [5.74, 6) is -0.197. The topological polar surface area (TPSA) is 64.6 Å². The van der Waals surface area contributed by atoms with Crippen molar-refractivity contribution in [3.63, 3.8) is 0 Å². The van der Waals surface area contributed by atoms with Crippen LogP contribution < -0.4 is 10.1 Å². The molecule has 1 atom stereocenters. The Morgan fingerprint density at radius 1 is 1.21 bits per heavy atom. The highest BCUT2D eigenvalue weighted by molar-refractivity contribution is 5.81. The third-order valence-corrected chi connectivity index (χ3v) is 2.18. The number of hydrogen-bond donors (Lipinski definition) is 1. The standard InChI is InChI=1S/C14H19NO4/c1-10(2)15-14(17)13(9-18-11(3)16)19-12-7-5-4-6-8-12/h4-8,10,13H,9H2,1-3H3,(H,15,17). The lowest BCUT2D eigenvalue weighted by atomic mass is 10.3. The largest absolute Gasteiger partial charge is 0.477 e. The van der Waals surface area contributed by atoms with Crippen LogP contribution in [0.25, 0.3) is 0 Å². The van der Waals surface area contributed by atoms with Gasteiger partial charge >= 0.3 is 5.97 Å². The lowest BCUT2D eigenvalue weighted by Gasteiger charge is -2.19. The van der Waals surface area contributed by atoms with E-state index in [1.807, 2.05) is 19.9 Å². The number of esters is 1. The molecule has 5 nitrogen and oxygen atoms in total. The van der Waals surface area contributed by atoms with E-state index in [1.54, 1.807) is 24.3 Å². The lowest BCUT2D eigenvalue weighted by Crippen LogP contribution is -2.44. The maximum Gasteiger partial charge on any atom is 0.302 e. The summed E-state index contributed by atoms with van der Waals surface area (Å²) in [5, 5.41) is 2.73. The third kappa shape index (κ3) is 5.90. The molecule has 0 aromatic heterocycles. The van der Waals surface area contributed by atoms with Crippen LogP contribution in [-0.4, -0.2) is 30.6 Å². The number of carbonyl (C=O) groups is 2. The van der Waals surface area contributed by atoms with Crippen LogP contribution in [0.1, 0.15) is 20.8 Å². The van der Waals surface area contributed by atoms with Crippen LogP contribution >= 0.6 is 0 Å². The molecule has 0 aliphatic carbocycles. The fourth-order valence-electron chi connectivity index (χ4n) is 1.40. The quantitative estimate of drug-likeness (QED) is 0.792. The van der Waals surface area contributed by atoms with E-state index < -0.39 is 12.1 Å². The van der Waals surface area contributed by atoms with E-state index >= 15 is 0 Å². The van der Waals surface area contributed by atoms with Crippen LogP contribution in [0.4, 0.5) is 0 Å². The summed E-state index contributed by atoms with van der Waals surface area (Å²) in [6.45, 7) is 4.88. The average Bonchev–Trinajstić information content (AvgIpc) is 2.34. The molecular formula is C14H19NO4. The van der Waals surface area contributed by atoms with E-state index in [0.29, 0.717) is 5.75 Å². The van der Waals surface area contributed by atoms with Gasteiger partial charge in [-0.25, -0.2) is 0 Å². The Labute approximate surface area is 112 Å². The zero-order valence-electron chi connectivity index (χ0n) is 11.4. The van der Waals surface area contributed by atoms with Gasteiger partial charge in [-0.2, -0.15) is 0 Å². The molecule has 1 aromatic rings. The van der Waals surface area contributed by atoms with Crippen molar-refractivity contribution < 1.29 is 19.1 Å². The fraction of sp³-hybridized carbons (Fsp3) is 0.429. The van der Waals surface area contributed by atoms with Crippen LogP contribution in [-0.2, 0) is 14.3 Å². The predicted molar refractivity (Wildman–Crippen MR) is 70.8 cm³/mol. The van der Waals surface area contributed by atoms with Crippen molar-refractivity contribution in [3.05, 3.63) is 30.3 Å². The molecule has 5 heteroatoms. The highest BCUT2D eigenvalue weighted by Crippen LogP contribution is 2.11. The molecule has 0 saturated heterocycles. The van der Waals surface area contributed by atoms with Crippen molar-refractivity contribution >= 4 is 11.9 Å². The molecule has 1 aromatic carbocycles. The zero-order valence-corrected chi connectivity index (χ0v) is 11.4. The van der Waals surface area contributed by atoms with Crippen LogP contribution in [0.15, 0.2) is 30.3 Å².